The number of benzene rings is 1. The van der Waals surface area contributed by atoms with Crippen LogP contribution in [0.5, 0.6) is 0 Å². The van der Waals surface area contributed by atoms with Crippen molar-refractivity contribution in [2.24, 2.45) is 0 Å². The fourth-order valence-electron chi connectivity index (χ4n) is 2.18. The fraction of sp³-hybridized carbons (Fsp3) is 0.455. The summed E-state index contributed by atoms with van der Waals surface area (Å²) in [6.45, 7) is 0.0813. The van der Waals surface area contributed by atoms with E-state index in [0.717, 1.165) is 6.07 Å². The minimum atomic E-state index is -3.84. The van der Waals surface area contributed by atoms with Crippen LogP contribution in [0.4, 0.5) is 10.1 Å². The average Bonchev–Trinajstić information content (AvgIpc) is 2.81. The maximum Gasteiger partial charge on any atom is 0.245 e. The number of aliphatic hydroxyl groups excluding tert-OH is 1. The van der Waals surface area contributed by atoms with Crippen molar-refractivity contribution >= 4 is 15.7 Å². The summed E-state index contributed by atoms with van der Waals surface area (Å²) in [5.74, 6) is -0.754. The van der Waals surface area contributed by atoms with Crippen molar-refractivity contribution in [1.29, 1.82) is 0 Å². The molecule has 1 aliphatic rings. The van der Waals surface area contributed by atoms with Gasteiger partial charge in [-0.1, -0.05) is 6.07 Å². The maximum absolute atomic E-state index is 13.3. The van der Waals surface area contributed by atoms with Gasteiger partial charge in [-0.2, -0.15) is 4.31 Å². The molecule has 1 aromatic carbocycles. The number of hydrogen-bond donors (Lipinski definition) is 2. The van der Waals surface area contributed by atoms with Gasteiger partial charge in [-0.15, -0.1) is 0 Å². The van der Waals surface area contributed by atoms with Crippen molar-refractivity contribution in [2.75, 3.05) is 18.9 Å². The van der Waals surface area contributed by atoms with Crippen LogP contribution in [0, 0.1) is 5.82 Å². The largest absolute Gasteiger partial charge is 0.395 e. The van der Waals surface area contributed by atoms with Gasteiger partial charge in [-0.3, -0.25) is 0 Å². The number of rotatable bonds is 3. The molecule has 5 nitrogen and oxygen atoms in total. The number of nitrogens with two attached hydrogens (primary N) is 1. The Morgan fingerprint density at radius 1 is 1.50 bits per heavy atom. The number of hydrogen-bond acceptors (Lipinski definition) is 4. The fourth-order valence-corrected chi connectivity index (χ4v) is 3.99. The Hall–Kier alpha value is -1.18. The van der Waals surface area contributed by atoms with Crippen LogP contribution in [-0.2, 0) is 10.0 Å². The van der Waals surface area contributed by atoms with E-state index in [0.29, 0.717) is 19.4 Å². The predicted octanol–water partition coefficient (Wildman–Crippen LogP) is 0.553. The molecule has 0 spiro atoms. The molecular formula is C11H15FN2O3S. The normalized spacial score (nSPS) is 21.3. The van der Waals surface area contributed by atoms with Crippen LogP contribution in [0.15, 0.2) is 23.1 Å². The zero-order chi connectivity index (χ0) is 13.3. The van der Waals surface area contributed by atoms with E-state index in [-0.39, 0.29) is 17.2 Å². The summed E-state index contributed by atoms with van der Waals surface area (Å²) in [6.07, 6.45) is 1.28. The summed E-state index contributed by atoms with van der Waals surface area (Å²) in [4.78, 5) is -0.233. The first-order valence-electron chi connectivity index (χ1n) is 5.65. The lowest BCUT2D eigenvalue weighted by Gasteiger charge is -2.23. The number of anilines is 1. The maximum atomic E-state index is 13.3. The second kappa shape index (κ2) is 4.83. The lowest BCUT2D eigenvalue weighted by molar-refractivity contribution is 0.213. The van der Waals surface area contributed by atoms with Gasteiger partial charge in [0.05, 0.1) is 12.3 Å². The molecule has 1 aliphatic heterocycles. The molecular weight excluding hydrogens is 259 g/mol. The second-order valence-electron chi connectivity index (χ2n) is 4.25. The summed E-state index contributed by atoms with van der Waals surface area (Å²) in [6, 6.07) is 3.25. The van der Waals surface area contributed by atoms with Crippen molar-refractivity contribution in [3.63, 3.8) is 0 Å². The van der Waals surface area contributed by atoms with E-state index >= 15 is 0 Å². The highest BCUT2D eigenvalue weighted by molar-refractivity contribution is 7.89. The van der Waals surface area contributed by atoms with Crippen LogP contribution in [-0.4, -0.2) is 37.0 Å². The molecule has 0 aromatic heterocycles. The molecule has 7 heteroatoms. The minimum Gasteiger partial charge on any atom is -0.395 e. The van der Waals surface area contributed by atoms with E-state index < -0.39 is 21.9 Å². The first-order valence-corrected chi connectivity index (χ1v) is 7.09. The molecule has 0 amide bonds. The lowest BCUT2D eigenvalue weighted by atomic mass is 10.2. The number of aliphatic hydroxyl groups is 1. The third-order valence-electron chi connectivity index (χ3n) is 3.13. The molecule has 0 radical (unpaired) electrons. The van der Waals surface area contributed by atoms with Crippen LogP contribution in [0.2, 0.25) is 0 Å². The third kappa shape index (κ3) is 2.09. The third-order valence-corrected chi connectivity index (χ3v) is 5.14. The van der Waals surface area contributed by atoms with E-state index in [2.05, 4.69) is 0 Å². The van der Waals surface area contributed by atoms with Crippen LogP contribution < -0.4 is 5.73 Å². The molecule has 18 heavy (non-hydrogen) atoms. The molecule has 3 N–H and O–H groups in total. The number of nitrogen functional groups attached to an aromatic ring is 1. The van der Waals surface area contributed by atoms with E-state index in [9.17, 15) is 12.8 Å². The molecule has 1 saturated heterocycles. The molecule has 1 fully saturated rings. The van der Waals surface area contributed by atoms with Crippen molar-refractivity contribution in [3.8, 4) is 0 Å². The first kappa shape index (κ1) is 13.3. The SMILES string of the molecule is Nc1c(F)cccc1S(=O)(=O)N1CCC[C@H]1CO. The van der Waals surface area contributed by atoms with E-state index in [1.165, 1.54) is 16.4 Å². The van der Waals surface area contributed by atoms with Crippen LogP contribution >= 0.6 is 0 Å². The van der Waals surface area contributed by atoms with Crippen molar-refractivity contribution in [2.45, 2.75) is 23.8 Å². The molecule has 1 aromatic rings. The summed E-state index contributed by atoms with van der Waals surface area (Å²) in [5.41, 5.74) is 5.11. The number of halogens is 1. The van der Waals surface area contributed by atoms with Crippen LogP contribution in [0.25, 0.3) is 0 Å². The van der Waals surface area contributed by atoms with Gasteiger partial charge in [0.15, 0.2) is 0 Å². The number of nitrogens with zero attached hydrogens (tertiary/aromatic N) is 1. The van der Waals surface area contributed by atoms with E-state index in [1.54, 1.807) is 0 Å². The Labute approximate surface area is 105 Å². The molecule has 0 aliphatic carbocycles. The van der Waals surface area contributed by atoms with Crippen molar-refractivity contribution < 1.29 is 17.9 Å². The molecule has 100 valence electrons. The molecule has 1 heterocycles. The highest BCUT2D eigenvalue weighted by Crippen LogP contribution is 2.29. The number of sulfonamides is 1. The molecule has 2 rings (SSSR count). The Balaban J connectivity index is 2.45. The monoisotopic (exact) mass is 274 g/mol. The molecule has 0 saturated carbocycles. The molecule has 0 bridgehead atoms. The Morgan fingerprint density at radius 3 is 2.89 bits per heavy atom. The smallest absolute Gasteiger partial charge is 0.245 e. The zero-order valence-corrected chi connectivity index (χ0v) is 10.5. The van der Waals surface area contributed by atoms with Crippen LogP contribution in [0.1, 0.15) is 12.8 Å². The average molecular weight is 274 g/mol. The van der Waals surface area contributed by atoms with Crippen molar-refractivity contribution in [3.05, 3.63) is 24.0 Å². The summed E-state index contributed by atoms with van der Waals surface area (Å²) in [5, 5.41) is 9.16. The highest BCUT2D eigenvalue weighted by Gasteiger charge is 2.36. The second-order valence-corrected chi connectivity index (χ2v) is 6.11. The van der Waals surface area contributed by atoms with Gasteiger partial charge in [-0.25, -0.2) is 12.8 Å². The zero-order valence-electron chi connectivity index (χ0n) is 9.71. The van der Waals surface area contributed by atoms with E-state index in [4.69, 9.17) is 10.8 Å². The van der Waals surface area contributed by atoms with Gasteiger partial charge in [0, 0.05) is 12.6 Å². The summed E-state index contributed by atoms with van der Waals surface area (Å²) in [7, 11) is -3.84. The van der Waals surface area contributed by atoms with Gasteiger partial charge >= 0.3 is 0 Å². The summed E-state index contributed by atoms with van der Waals surface area (Å²) >= 11 is 0. The quantitative estimate of drug-likeness (QED) is 0.789. The summed E-state index contributed by atoms with van der Waals surface area (Å²) < 4.78 is 39.2. The Kier molecular flexibility index (Phi) is 3.56. The topological polar surface area (TPSA) is 83.6 Å². The van der Waals surface area contributed by atoms with Gasteiger partial charge in [0.2, 0.25) is 10.0 Å². The van der Waals surface area contributed by atoms with Crippen LogP contribution in [0.3, 0.4) is 0 Å². The van der Waals surface area contributed by atoms with Gasteiger partial charge in [0.25, 0.3) is 0 Å². The van der Waals surface area contributed by atoms with Crippen molar-refractivity contribution in [1.82, 2.24) is 4.31 Å². The minimum absolute atomic E-state index is 0.233. The van der Waals surface area contributed by atoms with E-state index in [1.807, 2.05) is 0 Å². The lowest BCUT2D eigenvalue weighted by Crippen LogP contribution is -2.37. The standard InChI is InChI=1S/C11H15FN2O3S/c12-9-4-1-5-10(11(9)13)18(16,17)14-6-2-3-8(14)7-15/h1,4-5,8,15H,2-3,6-7,13H2/t8-/m0/s1. The Bertz CT molecular complexity index is 547. The van der Waals surface area contributed by atoms with Gasteiger partial charge in [0.1, 0.15) is 10.7 Å². The van der Waals surface area contributed by atoms with Gasteiger partial charge in [-0.05, 0) is 25.0 Å². The Morgan fingerprint density at radius 2 is 2.22 bits per heavy atom. The highest BCUT2D eigenvalue weighted by atomic mass is 32.2. The number of para-hydroxylation sites is 1. The molecule has 1 atom stereocenters. The first-order chi connectivity index (χ1) is 8.48. The van der Waals surface area contributed by atoms with Gasteiger partial charge < -0.3 is 10.8 Å². The predicted molar refractivity (Wildman–Crippen MR) is 64.8 cm³/mol. The molecule has 0 unspecified atom stereocenters.